The summed E-state index contributed by atoms with van der Waals surface area (Å²) in [5.41, 5.74) is 6.16. The first-order chi connectivity index (χ1) is 8.97. The molecule has 2 rings (SSSR count). The molecular weight excluding hydrogens is 255 g/mol. The summed E-state index contributed by atoms with van der Waals surface area (Å²) in [5, 5.41) is 0. The van der Waals surface area contributed by atoms with Gasteiger partial charge in [0.2, 0.25) is 0 Å². The highest BCUT2D eigenvalue weighted by atomic mass is 19.2. The van der Waals surface area contributed by atoms with Crippen molar-refractivity contribution < 1.29 is 17.9 Å². The summed E-state index contributed by atoms with van der Waals surface area (Å²) in [4.78, 5) is 0. The van der Waals surface area contributed by atoms with Crippen molar-refractivity contribution in [2.24, 2.45) is 5.73 Å². The molecule has 5 heteroatoms. The van der Waals surface area contributed by atoms with Crippen molar-refractivity contribution >= 4 is 0 Å². The Bertz CT molecular complexity index is 599. The zero-order valence-electron chi connectivity index (χ0n) is 10.2. The van der Waals surface area contributed by atoms with E-state index in [4.69, 9.17) is 10.5 Å². The minimum atomic E-state index is -1.01. The van der Waals surface area contributed by atoms with Crippen LogP contribution in [0.4, 0.5) is 13.2 Å². The molecule has 0 unspecified atom stereocenters. The predicted octanol–water partition coefficient (Wildman–Crippen LogP) is 3.92. The van der Waals surface area contributed by atoms with Crippen LogP contribution in [0.1, 0.15) is 18.5 Å². The summed E-state index contributed by atoms with van der Waals surface area (Å²) >= 11 is 0. The molecule has 2 N–H and O–H groups in total. The third kappa shape index (κ3) is 3.06. The number of rotatable bonds is 3. The maximum Gasteiger partial charge on any atom is 0.162 e. The molecule has 0 aromatic heterocycles. The fourth-order valence-electron chi connectivity index (χ4n) is 1.64. The molecule has 1 atom stereocenters. The fraction of sp³-hybridized carbons (Fsp3) is 0.143. The predicted molar refractivity (Wildman–Crippen MR) is 65.4 cm³/mol. The second-order valence-corrected chi connectivity index (χ2v) is 4.15. The SMILES string of the molecule is C[C@H](N)c1cc(F)ccc1Oc1ccc(F)c(F)c1. The minimum Gasteiger partial charge on any atom is -0.457 e. The second kappa shape index (κ2) is 5.32. The molecular formula is C14H12F3NO. The van der Waals surface area contributed by atoms with Gasteiger partial charge in [0.1, 0.15) is 17.3 Å². The van der Waals surface area contributed by atoms with Gasteiger partial charge in [-0.2, -0.15) is 0 Å². The Hall–Kier alpha value is -2.01. The number of hydrogen-bond acceptors (Lipinski definition) is 2. The van der Waals surface area contributed by atoms with Crippen molar-refractivity contribution in [3.63, 3.8) is 0 Å². The van der Waals surface area contributed by atoms with Crippen LogP contribution >= 0.6 is 0 Å². The third-order valence-corrected chi connectivity index (χ3v) is 2.58. The van der Waals surface area contributed by atoms with E-state index in [2.05, 4.69) is 0 Å². The lowest BCUT2D eigenvalue weighted by molar-refractivity contribution is 0.453. The third-order valence-electron chi connectivity index (χ3n) is 2.58. The van der Waals surface area contributed by atoms with Crippen LogP contribution in [0.2, 0.25) is 0 Å². The topological polar surface area (TPSA) is 35.2 Å². The highest BCUT2D eigenvalue weighted by molar-refractivity contribution is 5.40. The number of nitrogens with two attached hydrogens (primary N) is 1. The molecule has 0 amide bonds. The van der Waals surface area contributed by atoms with Gasteiger partial charge in [-0.3, -0.25) is 0 Å². The van der Waals surface area contributed by atoms with Gasteiger partial charge in [-0.25, -0.2) is 13.2 Å². The minimum absolute atomic E-state index is 0.118. The molecule has 2 aromatic rings. The van der Waals surface area contributed by atoms with E-state index >= 15 is 0 Å². The van der Waals surface area contributed by atoms with Gasteiger partial charge >= 0.3 is 0 Å². The molecule has 2 nitrogen and oxygen atoms in total. The van der Waals surface area contributed by atoms with E-state index in [1.807, 2.05) is 0 Å². The smallest absolute Gasteiger partial charge is 0.162 e. The quantitative estimate of drug-likeness (QED) is 0.914. The summed E-state index contributed by atoms with van der Waals surface area (Å²) in [6.07, 6.45) is 0. The number of ether oxygens (including phenoxy) is 1. The van der Waals surface area contributed by atoms with E-state index in [9.17, 15) is 13.2 Å². The van der Waals surface area contributed by atoms with E-state index in [-0.39, 0.29) is 5.75 Å². The monoisotopic (exact) mass is 267 g/mol. The maximum atomic E-state index is 13.1. The van der Waals surface area contributed by atoms with Crippen LogP contribution in [0.15, 0.2) is 36.4 Å². The van der Waals surface area contributed by atoms with Crippen molar-refractivity contribution in [3.05, 3.63) is 59.4 Å². The van der Waals surface area contributed by atoms with Crippen molar-refractivity contribution in [2.45, 2.75) is 13.0 Å². The standard InChI is InChI=1S/C14H12F3NO/c1-8(18)11-6-9(15)2-5-14(11)19-10-3-4-12(16)13(17)7-10/h2-8H,18H2,1H3/t8-/m0/s1. The van der Waals surface area contributed by atoms with Gasteiger partial charge in [0, 0.05) is 17.7 Å². The van der Waals surface area contributed by atoms with Crippen molar-refractivity contribution in [1.82, 2.24) is 0 Å². The number of halogens is 3. The normalized spacial score (nSPS) is 12.3. The van der Waals surface area contributed by atoms with E-state index in [1.165, 1.54) is 24.3 Å². The Morgan fingerprint density at radius 3 is 2.37 bits per heavy atom. The maximum absolute atomic E-state index is 13.1. The summed E-state index contributed by atoms with van der Waals surface area (Å²) in [7, 11) is 0. The first kappa shape index (κ1) is 13.4. The highest BCUT2D eigenvalue weighted by Gasteiger charge is 2.11. The van der Waals surface area contributed by atoms with Gasteiger partial charge in [-0.1, -0.05) is 0 Å². The molecule has 0 spiro atoms. The first-order valence-corrected chi connectivity index (χ1v) is 5.65. The molecule has 0 aliphatic rings. The van der Waals surface area contributed by atoms with Crippen LogP contribution in [-0.2, 0) is 0 Å². The zero-order valence-corrected chi connectivity index (χ0v) is 10.2. The van der Waals surface area contributed by atoms with Gasteiger partial charge in [0.15, 0.2) is 11.6 Å². The van der Waals surface area contributed by atoms with Crippen LogP contribution in [0.25, 0.3) is 0 Å². The van der Waals surface area contributed by atoms with Crippen molar-refractivity contribution in [2.75, 3.05) is 0 Å². The van der Waals surface area contributed by atoms with Gasteiger partial charge < -0.3 is 10.5 Å². The molecule has 0 heterocycles. The molecule has 0 aliphatic heterocycles. The van der Waals surface area contributed by atoms with Gasteiger partial charge in [-0.15, -0.1) is 0 Å². The zero-order chi connectivity index (χ0) is 14.0. The second-order valence-electron chi connectivity index (χ2n) is 4.15. The molecule has 19 heavy (non-hydrogen) atoms. The lowest BCUT2D eigenvalue weighted by atomic mass is 10.1. The summed E-state index contributed by atoms with van der Waals surface area (Å²) in [6, 6.07) is 6.57. The Morgan fingerprint density at radius 1 is 1.00 bits per heavy atom. The van der Waals surface area contributed by atoms with E-state index < -0.39 is 23.5 Å². The molecule has 0 saturated carbocycles. The molecule has 2 aromatic carbocycles. The Labute approximate surface area is 108 Å². The van der Waals surface area contributed by atoms with Gasteiger partial charge in [0.05, 0.1) is 0 Å². The summed E-state index contributed by atoms with van der Waals surface area (Å²) < 4.78 is 44.4. The van der Waals surface area contributed by atoms with Crippen LogP contribution < -0.4 is 10.5 Å². The number of hydrogen-bond donors (Lipinski definition) is 1. The van der Waals surface area contributed by atoms with E-state index in [0.29, 0.717) is 11.3 Å². The average Bonchev–Trinajstić information content (AvgIpc) is 2.36. The molecule has 0 saturated heterocycles. The highest BCUT2D eigenvalue weighted by Crippen LogP contribution is 2.30. The van der Waals surface area contributed by atoms with E-state index in [0.717, 1.165) is 12.1 Å². The van der Waals surface area contributed by atoms with Crippen molar-refractivity contribution in [3.8, 4) is 11.5 Å². The van der Waals surface area contributed by atoms with Crippen LogP contribution in [0.3, 0.4) is 0 Å². The fourth-order valence-corrected chi connectivity index (χ4v) is 1.64. The van der Waals surface area contributed by atoms with E-state index in [1.54, 1.807) is 6.92 Å². The van der Waals surface area contributed by atoms with Crippen molar-refractivity contribution in [1.29, 1.82) is 0 Å². The average molecular weight is 267 g/mol. The lowest BCUT2D eigenvalue weighted by Gasteiger charge is -2.14. The van der Waals surface area contributed by atoms with Crippen LogP contribution in [0, 0.1) is 17.5 Å². The largest absolute Gasteiger partial charge is 0.457 e. The Kier molecular flexibility index (Phi) is 3.76. The Morgan fingerprint density at radius 2 is 1.74 bits per heavy atom. The Balaban J connectivity index is 2.35. The van der Waals surface area contributed by atoms with Gasteiger partial charge in [0.25, 0.3) is 0 Å². The summed E-state index contributed by atoms with van der Waals surface area (Å²) in [6.45, 7) is 1.67. The molecule has 100 valence electrons. The van der Waals surface area contributed by atoms with Crippen LogP contribution in [-0.4, -0.2) is 0 Å². The first-order valence-electron chi connectivity index (χ1n) is 5.65. The summed E-state index contributed by atoms with van der Waals surface area (Å²) in [5.74, 6) is -1.99. The van der Waals surface area contributed by atoms with Gasteiger partial charge in [-0.05, 0) is 37.3 Å². The van der Waals surface area contributed by atoms with Crippen LogP contribution in [0.5, 0.6) is 11.5 Å². The molecule has 0 aliphatic carbocycles. The lowest BCUT2D eigenvalue weighted by Crippen LogP contribution is -2.07. The molecule has 0 fully saturated rings. The number of benzene rings is 2. The molecule has 0 radical (unpaired) electrons. The molecule has 0 bridgehead atoms.